The number of nitrogens with one attached hydrogen (secondary N) is 1. The van der Waals surface area contributed by atoms with Crippen molar-refractivity contribution in [2.24, 2.45) is 23.7 Å². The van der Waals surface area contributed by atoms with E-state index in [2.05, 4.69) is 21.2 Å². The normalized spacial score (nSPS) is 16.3. The number of alkyl halides is 1. The molecule has 4 aliphatic rings. The maximum Gasteiger partial charge on any atom is 0.320 e. The van der Waals surface area contributed by atoms with Crippen LogP contribution in [0.2, 0.25) is 0 Å². The predicted octanol–water partition coefficient (Wildman–Crippen LogP) is 5.36. The lowest BCUT2D eigenvalue weighted by atomic mass is 10.00. The number of hydrogen-bond donors (Lipinski definition) is 3. The van der Waals surface area contributed by atoms with E-state index in [1.54, 1.807) is 9.80 Å². The van der Waals surface area contributed by atoms with E-state index in [0.29, 0.717) is 45.9 Å². The Labute approximate surface area is 450 Å². The third-order valence-electron chi connectivity index (χ3n) is 10.3. The molecule has 75 heavy (non-hydrogen) atoms. The lowest BCUT2D eigenvalue weighted by Gasteiger charge is -2.38. The van der Waals surface area contributed by atoms with Gasteiger partial charge in [0.15, 0.2) is 0 Å². The molecule has 6 rings (SSSR count). The average molecular weight is 1120 g/mol. The maximum atomic E-state index is 11.8. The van der Waals surface area contributed by atoms with Crippen molar-refractivity contribution in [3.63, 3.8) is 0 Å². The van der Waals surface area contributed by atoms with Crippen LogP contribution in [-0.4, -0.2) is 172 Å². The van der Waals surface area contributed by atoms with Gasteiger partial charge < -0.3 is 44.0 Å². The van der Waals surface area contributed by atoms with E-state index in [0.717, 1.165) is 24.2 Å². The number of halogens is 1. The van der Waals surface area contributed by atoms with Crippen molar-refractivity contribution < 1.29 is 77.0 Å². The molecule has 2 aromatic rings. The lowest BCUT2D eigenvalue weighted by molar-refractivity contribution is -0.168. The van der Waals surface area contributed by atoms with Gasteiger partial charge in [-0.1, -0.05) is 76.6 Å². The van der Waals surface area contributed by atoms with Crippen molar-refractivity contribution in [1.82, 2.24) is 20.0 Å². The van der Waals surface area contributed by atoms with Crippen LogP contribution in [0.25, 0.3) is 0 Å². The highest BCUT2D eigenvalue weighted by molar-refractivity contribution is 9.09. The van der Waals surface area contributed by atoms with Crippen LogP contribution in [-0.2, 0) is 80.0 Å². The van der Waals surface area contributed by atoms with Crippen molar-refractivity contribution in [1.29, 1.82) is 0 Å². The summed E-state index contributed by atoms with van der Waals surface area (Å²) in [5, 5.41) is 20.3. The number of aliphatic carboxylic acids is 2. The van der Waals surface area contributed by atoms with E-state index in [9.17, 15) is 38.4 Å². The van der Waals surface area contributed by atoms with E-state index in [4.69, 9.17) is 38.6 Å². The number of ether oxygens (including phenoxy) is 6. The molecule has 2 aromatic carbocycles. The zero-order valence-corrected chi connectivity index (χ0v) is 47.4. The first-order valence-corrected chi connectivity index (χ1v) is 26.0. The van der Waals surface area contributed by atoms with Gasteiger partial charge in [-0.2, -0.15) is 0 Å². The molecule has 0 amide bonds. The lowest BCUT2D eigenvalue weighted by Crippen LogP contribution is -2.53. The Morgan fingerprint density at radius 3 is 1.00 bits per heavy atom. The molecular weight excluding hydrogens is 1040 g/mol. The minimum atomic E-state index is -0.863. The fourth-order valence-corrected chi connectivity index (χ4v) is 6.83. The highest BCUT2D eigenvalue weighted by Gasteiger charge is 2.39. The molecule has 0 radical (unpaired) electrons. The molecule has 0 aliphatic carbocycles. The van der Waals surface area contributed by atoms with Gasteiger partial charge in [-0.15, -0.1) is 0 Å². The summed E-state index contributed by atoms with van der Waals surface area (Å²) in [5.74, 6) is -3.34. The van der Waals surface area contributed by atoms with Gasteiger partial charge in [0.2, 0.25) is 0 Å². The number of hydrogen-bond acceptors (Lipinski definition) is 18. The third kappa shape index (κ3) is 30.0. The second kappa shape index (κ2) is 30.9. The van der Waals surface area contributed by atoms with Crippen molar-refractivity contribution in [2.75, 3.05) is 77.3 Å². The minimum Gasteiger partial charge on any atom is -0.480 e. The van der Waals surface area contributed by atoms with Crippen LogP contribution in [0.5, 0.6) is 0 Å². The van der Waals surface area contributed by atoms with Crippen LogP contribution in [0.4, 0.5) is 0 Å². The Morgan fingerprint density at radius 2 is 0.747 bits per heavy atom. The van der Waals surface area contributed by atoms with Crippen LogP contribution < -0.4 is 5.32 Å². The molecule has 4 heterocycles. The summed E-state index contributed by atoms with van der Waals surface area (Å²) < 4.78 is 31.0. The standard InChI is InChI=1S/C17H23NO4.2C10H17NO4.C9H9BrO2.C8H15NO2/c1-17(2,3)22-16(20)14-9-18(10-14)11-15(19)21-12-13-7-5-4-6-8-13;2*1-10(2,3)15-9(14)7-4-11(5-7)6-8(12)13;10-6-9(11)12-7-8-4-2-1-3-5-8;1-8(2,3)11-7(10)6-4-9-5-6/h4-8,14H,9-12H2,1-3H3;2*7H,4-6H2,1-3H3,(H,12,13);1-5H,6-7H2;6,9H,4-5H2,1-3H3. The van der Waals surface area contributed by atoms with E-state index < -0.39 is 28.7 Å². The zero-order chi connectivity index (χ0) is 56.7. The molecule has 20 nitrogen and oxygen atoms in total. The molecule has 0 unspecified atom stereocenters. The topological polar surface area (TPSA) is 254 Å². The number of benzene rings is 2. The monoisotopic (exact) mass is 1120 g/mol. The van der Waals surface area contributed by atoms with Gasteiger partial charge >= 0.3 is 47.8 Å². The van der Waals surface area contributed by atoms with E-state index in [1.165, 1.54) is 0 Å². The molecule has 0 saturated carbocycles. The maximum absolute atomic E-state index is 11.8. The molecule has 0 bridgehead atoms. The Bertz CT molecular complexity index is 2070. The molecule has 0 atom stereocenters. The molecule has 4 fully saturated rings. The van der Waals surface area contributed by atoms with Gasteiger partial charge in [-0.3, -0.25) is 53.1 Å². The fraction of sp³-hybridized carbons (Fsp3) is 0.630. The summed E-state index contributed by atoms with van der Waals surface area (Å²) >= 11 is 3.01. The number of carboxylic acids is 2. The van der Waals surface area contributed by atoms with Gasteiger partial charge in [0.05, 0.1) is 43.3 Å². The first kappa shape index (κ1) is 65.6. The summed E-state index contributed by atoms with van der Waals surface area (Å²) in [6, 6.07) is 19.1. The third-order valence-corrected chi connectivity index (χ3v) is 10.7. The van der Waals surface area contributed by atoms with Gasteiger partial charge in [0.1, 0.15) is 40.9 Å². The summed E-state index contributed by atoms with van der Waals surface area (Å²) in [6.45, 7) is 27.6. The van der Waals surface area contributed by atoms with Gasteiger partial charge in [0.25, 0.3) is 0 Å². The molecule has 0 aromatic heterocycles. The van der Waals surface area contributed by atoms with Gasteiger partial charge in [-0.05, 0) is 94.2 Å². The Kier molecular flexibility index (Phi) is 27.1. The van der Waals surface area contributed by atoms with Crippen molar-refractivity contribution in [3.8, 4) is 0 Å². The predicted molar refractivity (Wildman–Crippen MR) is 281 cm³/mol. The molecular formula is C54H81BrN4O16. The number of carboxylic acid groups (broad SMARTS) is 2. The van der Waals surface area contributed by atoms with Crippen LogP contribution in [0, 0.1) is 23.7 Å². The largest absolute Gasteiger partial charge is 0.480 e. The minimum absolute atomic E-state index is 0.000697. The number of carbonyl (C=O) groups is 8. The zero-order valence-electron chi connectivity index (χ0n) is 45.8. The molecule has 420 valence electrons. The fourth-order valence-electron chi connectivity index (χ4n) is 6.67. The molecule has 0 spiro atoms. The Balaban J connectivity index is 0.000000328. The number of esters is 6. The second-order valence-electron chi connectivity index (χ2n) is 22.4. The number of rotatable bonds is 15. The summed E-state index contributed by atoms with van der Waals surface area (Å²) in [5.41, 5.74) is 0.228. The van der Waals surface area contributed by atoms with Crippen LogP contribution in [0.1, 0.15) is 94.2 Å². The number of likely N-dealkylation sites (tertiary alicyclic amines) is 3. The molecule has 21 heteroatoms. The van der Waals surface area contributed by atoms with Crippen molar-refractivity contribution >= 4 is 63.7 Å². The Hall–Kier alpha value is -5.48. The van der Waals surface area contributed by atoms with Gasteiger partial charge in [-0.25, -0.2) is 0 Å². The highest BCUT2D eigenvalue weighted by Crippen LogP contribution is 2.22. The van der Waals surface area contributed by atoms with Crippen LogP contribution in [0.15, 0.2) is 60.7 Å². The highest BCUT2D eigenvalue weighted by atomic mass is 79.9. The summed E-state index contributed by atoms with van der Waals surface area (Å²) in [7, 11) is 0. The summed E-state index contributed by atoms with van der Waals surface area (Å²) in [4.78, 5) is 94.4. The Morgan fingerprint density at radius 1 is 0.467 bits per heavy atom. The quantitative estimate of drug-likeness (QED) is 0.115. The second-order valence-corrected chi connectivity index (χ2v) is 22.9. The van der Waals surface area contributed by atoms with Gasteiger partial charge in [0, 0.05) is 52.4 Å². The van der Waals surface area contributed by atoms with Crippen LogP contribution >= 0.6 is 15.9 Å². The average Bonchev–Trinajstić information content (AvgIpc) is 3.21. The van der Waals surface area contributed by atoms with Crippen LogP contribution in [0.3, 0.4) is 0 Å². The first-order chi connectivity index (χ1) is 34.7. The van der Waals surface area contributed by atoms with E-state index in [1.807, 2.05) is 149 Å². The van der Waals surface area contributed by atoms with Crippen molar-refractivity contribution in [2.45, 2.75) is 119 Å². The van der Waals surface area contributed by atoms with Crippen molar-refractivity contribution in [3.05, 3.63) is 71.8 Å². The molecule has 4 aliphatic heterocycles. The number of nitrogens with zero attached hydrogens (tertiary/aromatic N) is 3. The summed E-state index contributed by atoms with van der Waals surface area (Å²) in [6.07, 6.45) is 0. The van der Waals surface area contributed by atoms with E-state index in [-0.39, 0.29) is 96.7 Å². The molecule has 4 saturated heterocycles. The SMILES string of the molecule is CC(C)(C)OC(=O)C1CN(CC(=O)O)C1.CC(C)(C)OC(=O)C1CN(CC(=O)O)C1.CC(C)(C)OC(=O)C1CN(CC(=O)OCc2ccccc2)C1.CC(C)(C)OC(=O)C1CNC1.O=C(CBr)OCc1ccccc1. The number of carbonyl (C=O) groups excluding carboxylic acids is 6. The first-order valence-electron chi connectivity index (χ1n) is 24.9. The molecule has 3 N–H and O–H groups in total. The van der Waals surface area contributed by atoms with E-state index >= 15 is 0 Å². The smallest absolute Gasteiger partial charge is 0.320 e.